The lowest BCUT2D eigenvalue weighted by atomic mass is 10.0. The van der Waals surface area contributed by atoms with Crippen molar-refractivity contribution in [1.29, 1.82) is 5.26 Å². The normalized spacial score (nSPS) is 9.92. The number of terminal acetylenes is 1. The molecule has 116 valence electrons. The number of pyridine rings is 2. The lowest BCUT2D eigenvalue weighted by Gasteiger charge is -2.10. The van der Waals surface area contributed by atoms with E-state index in [0.29, 0.717) is 22.9 Å². The molecule has 3 aromatic heterocycles. The van der Waals surface area contributed by atoms with Gasteiger partial charge in [-0.3, -0.25) is 0 Å². The Labute approximate surface area is 138 Å². The molecule has 0 unspecified atom stereocenters. The lowest BCUT2D eigenvalue weighted by molar-refractivity contribution is 0.355. The number of rotatable bonds is 4. The van der Waals surface area contributed by atoms with E-state index in [-0.39, 0.29) is 18.0 Å². The first kappa shape index (κ1) is 15.1. The van der Waals surface area contributed by atoms with Crippen LogP contribution in [0.25, 0.3) is 22.6 Å². The zero-order valence-electron chi connectivity index (χ0n) is 12.6. The molecule has 0 aliphatic heterocycles. The highest BCUT2D eigenvalue weighted by Gasteiger charge is 2.15. The number of hydrogen-bond acceptors (Lipinski definition) is 6. The monoisotopic (exact) mass is 316 g/mol. The van der Waals surface area contributed by atoms with E-state index in [1.807, 2.05) is 6.07 Å². The summed E-state index contributed by atoms with van der Waals surface area (Å²) in [5.74, 6) is 3.49. The van der Waals surface area contributed by atoms with Gasteiger partial charge in [0.2, 0.25) is 5.88 Å². The third-order valence-corrected chi connectivity index (χ3v) is 3.28. The Bertz CT molecular complexity index is 933. The summed E-state index contributed by atoms with van der Waals surface area (Å²) in [5, 5.41) is 9.20. The summed E-state index contributed by atoms with van der Waals surface area (Å²) in [6, 6.07) is 10.7. The van der Waals surface area contributed by atoms with Crippen LogP contribution in [0.3, 0.4) is 0 Å². The average molecular weight is 316 g/mol. The Morgan fingerprint density at radius 1 is 1.33 bits per heavy atom. The molecule has 0 aromatic carbocycles. The van der Waals surface area contributed by atoms with Crippen LogP contribution in [0.5, 0.6) is 5.88 Å². The van der Waals surface area contributed by atoms with E-state index in [4.69, 9.17) is 21.3 Å². The predicted molar refractivity (Wildman–Crippen MR) is 88.6 cm³/mol. The van der Waals surface area contributed by atoms with E-state index in [1.165, 1.54) is 0 Å². The number of ether oxygens (including phenoxy) is 1. The molecule has 0 amide bonds. The van der Waals surface area contributed by atoms with Crippen molar-refractivity contribution < 1.29 is 9.15 Å². The van der Waals surface area contributed by atoms with E-state index in [1.54, 1.807) is 42.8 Å². The maximum Gasteiger partial charge on any atom is 0.214 e. The topological polar surface area (TPSA) is 98.0 Å². The number of furan rings is 1. The first-order valence-corrected chi connectivity index (χ1v) is 7.00. The fourth-order valence-corrected chi connectivity index (χ4v) is 2.18. The van der Waals surface area contributed by atoms with E-state index in [0.717, 1.165) is 5.56 Å². The number of hydrogen-bond donors (Lipinski definition) is 1. The molecule has 3 rings (SSSR count). The Morgan fingerprint density at radius 3 is 2.83 bits per heavy atom. The maximum absolute atomic E-state index is 9.20. The molecule has 6 heteroatoms. The summed E-state index contributed by atoms with van der Waals surface area (Å²) in [4.78, 5) is 8.51. The third kappa shape index (κ3) is 2.90. The molecule has 0 saturated carbocycles. The standard InChI is InChI=1S/C18H12N4O2/c1-2-7-24-16-6-5-12(11-21-16)14-9-13(10-19)18(20)22-17(14)15-4-3-8-23-15/h1,3-6,8-9,11H,7H2,(H2,20,22). The van der Waals surface area contributed by atoms with Crippen molar-refractivity contribution >= 4 is 5.82 Å². The van der Waals surface area contributed by atoms with Crippen LogP contribution in [-0.2, 0) is 0 Å². The van der Waals surface area contributed by atoms with Crippen LogP contribution in [0.4, 0.5) is 5.82 Å². The van der Waals surface area contributed by atoms with Gasteiger partial charge in [-0.1, -0.05) is 5.92 Å². The van der Waals surface area contributed by atoms with Gasteiger partial charge < -0.3 is 14.9 Å². The van der Waals surface area contributed by atoms with Crippen molar-refractivity contribution in [2.75, 3.05) is 12.3 Å². The van der Waals surface area contributed by atoms with Gasteiger partial charge in [-0.05, 0) is 24.3 Å². The molecule has 0 saturated heterocycles. The van der Waals surface area contributed by atoms with Crippen molar-refractivity contribution in [3.63, 3.8) is 0 Å². The largest absolute Gasteiger partial charge is 0.464 e. The van der Waals surface area contributed by atoms with E-state index in [2.05, 4.69) is 15.9 Å². The van der Waals surface area contributed by atoms with Gasteiger partial charge in [-0.15, -0.1) is 6.42 Å². The summed E-state index contributed by atoms with van der Waals surface area (Å²) in [6.45, 7) is 0.145. The zero-order valence-corrected chi connectivity index (χ0v) is 12.6. The smallest absolute Gasteiger partial charge is 0.214 e. The number of aromatic nitrogens is 2. The van der Waals surface area contributed by atoms with Gasteiger partial charge in [0.1, 0.15) is 17.6 Å². The lowest BCUT2D eigenvalue weighted by Crippen LogP contribution is -2.00. The zero-order chi connectivity index (χ0) is 16.9. The fraction of sp³-hybridized carbons (Fsp3) is 0.0556. The predicted octanol–water partition coefficient (Wildman–Crippen LogP) is 2.87. The first-order chi connectivity index (χ1) is 11.7. The second-order valence-corrected chi connectivity index (χ2v) is 4.78. The quantitative estimate of drug-likeness (QED) is 0.743. The highest BCUT2D eigenvalue weighted by Crippen LogP contribution is 2.33. The summed E-state index contributed by atoms with van der Waals surface area (Å²) in [6.07, 6.45) is 8.32. The minimum atomic E-state index is 0.145. The highest BCUT2D eigenvalue weighted by atomic mass is 16.5. The Morgan fingerprint density at radius 2 is 2.21 bits per heavy atom. The molecule has 2 N–H and O–H groups in total. The summed E-state index contributed by atoms with van der Waals surface area (Å²) in [7, 11) is 0. The van der Waals surface area contributed by atoms with Crippen LogP contribution in [0, 0.1) is 23.7 Å². The van der Waals surface area contributed by atoms with Crippen LogP contribution in [0.15, 0.2) is 47.2 Å². The van der Waals surface area contributed by atoms with Crippen molar-refractivity contribution in [3.8, 4) is 46.9 Å². The van der Waals surface area contributed by atoms with Gasteiger partial charge in [-0.25, -0.2) is 9.97 Å². The van der Waals surface area contributed by atoms with Gasteiger partial charge in [0.15, 0.2) is 12.4 Å². The molecular formula is C18H12N4O2. The minimum absolute atomic E-state index is 0.145. The molecule has 0 spiro atoms. The molecule has 0 radical (unpaired) electrons. The van der Waals surface area contributed by atoms with Crippen LogP contribution >= 0.6 is 0 Å². The van der Waals surface area contributed by atoms with Gasteiger partial charge in [0, 0.05) is 23.4 Å². The van der Waals surface area contributed by atoms with E-state index >= 15 is 0 Å². The fourth-order valence-electron chi connectivity index (χ4n) is 2.18. The first-order valence-electron chi connectivity index (χ1n) is 7.00. The van der Waals surface area contributed by atoms with Crippen LogP contribution in [0.2, 0.25) is 0 Å². The second-order valence-electron chi connectivity index (χ2n) is 4.78. The van der Waals surface area contributed by atoms with Crippen molar-refractivity contribution in [2.45, 2.75) is 0 Å². The number of nitriles is 1. The Balaban J connectivity index is 2.09. The summed E-state index contributed by atoms with van der Waals surface area (Å²) in [5.41, 5.74) is 8.09. The highest BCUT2D eigenvalue weighted by molar-refractivity contribution is 5.81. The van der Waals surface area contributed by atoms with Crippen molar-refractivity contribution in [2.24, 2.45) is 0 Å². The SMILES string of the molecule is C#CCOc1ccc(-c2cc(C#N)c(N)nc2-c2ccco2)cn1. The Hall–Kier alpha value is -3.77. The van der Waals surface area contributed by atoms with Gasteiger partial charge in [0.25, 0.3) is 0 Å². The molecule has 3 heterocycles. The van der Waals surface area contributed by atoms with E-state index in [9.17, 15) is 5.26 Å². The second kappa shape index (κ2) is 6.55. The molecule has 0 atom stereocenters. The van der Waals surface area contributed by atoms with Crippen LogP contribution in [0.1, 0.15) is 5.56 Å². The number of anilines is 1. The molecule has 6 nitrogen and oxygen atoms in total. The van der Waals surface area contributed by atoms with Crippen LogP contribution < -0.4 is 10.5 Å². The molecule has 0 aliphatic carbocycles. The molecular weight excluding hydrogens is 304 g/mol. The molecule has 24 heavy (non-hydrogen) atoms. The summed E-state index contributed by atoms with van der Waals surface area (Å²) >= 11 is 0. The minimum Gasteiger partial charge on any atom is -0.464 e. The van der Waals surface area contributed by atoms with Gasteiger partial charge >= 0.3 is 0 Å². The molecule has 0 aliphatic rings. The third-order valence-electron chi connectivity index (χ3n) is 3.28. The summed E-state index contributed by atoms with van der Waals surface area (Å²) < 4.78 is 10.7. The Kier molecular flexibility index (Phi) is 4.13. The number of nitrogen functional groups attached to an aromatic ring is 1. The van der Waals surface area contributed by atoms with Gasteiger partial charge in [0.05, 0.1) is 11.8 Å². The van der Waals surface area contributed by atoms with Gasteiger partial charge in [-0.2, -0.15) is 5.26 Å². The molecule has 0 fully saturated rings. The average Bonchev–Trinajstić information content (AvgIpc) is 3.15. The molecule has 3 aromatic rings. The molecule has 0 bridgehead atoms. The number of nitrogens with zero attached hydrogens (tertiary/aromatic N) is 3. The maximum atomic E-state index is 9.20. The number of nitrogens with two attached hydrogens (primary N) is 1. The van der Waals surface area contributed by atoms with E-state index < -0.39 is 0 Å². The van der Waals surface area contributed by atoms with Crippen molar-refractivity contribution in [1.82, 2.24) is 9.97 Å². The van der Waals surface area contributed by atoms with Crippen LogP contribution in [-0.4, -0.2) is 16.6 Å². The van der Waals surface area contributed by atoms with Crippen molar-refractivity contribution in [3.05, 3.63) is 48.4 Å².